The van der Waals surface area contributed by atoms with Gasteiger partial charge in [0.1, 0.15) is 17.4 Å². The Morgan fingerprint density at radius 3 is 2.79 bits per heavy atom. The third-order valence-corrected chi connectivity index (χ3v) is 2.04. The molecule has 100 valence electrons. The van der Waals surface area contributed by atoms with Crippen LogP contribution in [-0.2, 0) is 19.1 Å². The van der Waals surface area contributed by atoms with Crippen molar-refractivity contribution in [3.05, 3.63) is 35.3 Å². The molecule has 0 aromatic rings. The zero-order chi connectivity index (χ0) is 14.4. The SMILES string of the molecule is CCOC(=O)/C(C#N)=C/C1=CC(=CN(C)C)C(=O)O1. The van der Waals surface area contributed by atoms with E-state index in [1.807, 2.05) is 0 Å². The van der Waals surface area contributed by atoms with Gasteiger partial charge in [-0.15, -0.1) is 0 Å². The summed E-state index contributed by atoms with van der Waals surface area (Å²) in [5.74, 6) is -1.13. The molecule has 6 nitrogen and oxygen atoms in total. The summed E-state index contributed by atoms with van der Waals surface area (Å²) in [6.07, 6.45) is 4.23. The van der Waals surface area contributed by atoms with Gasteiger partial charge in [0.15, 0.2) is 0 Å². The summed E-state index contributed by atoms with van der Waals surface area (Å²) in [6.45, 7) is 1.81. The molecule has 1 aliphatic rings. The van der Waals surface area contributed by atoms with Crippen molar-refractivity contribution < 1.29 is 19.1 Å². The van der Waals surface area contributed by atoms with Crippen molar-refractivity contribution >= 4 is 11.9 Å². The number of cyclic esters (lactones) is 1. The van der Waals surface area contributed by atoms with E-state index >= 15 is 0 Å². The molecule has 6 heteroatoms. The minimum atomic E-state index is -0.744. The average Bonchev–Trinajstić information content (AvgIpc) is 2.66. The van der Waals surface area contributed by atoms with Crippen molar-refractivity contribution in [2.24, 2.45) is 0 Å². The fraction of sp³-hybridized carbons (Fsp3) is 0.308. The number of hydrogen-bond donors (Lipinski definition) is 0. The van der Waals surface area contributed by atoms with Gasteiger partial charge in [-0.05, 0) is 13.0 Å². The molecule has 0 unspecified atom stereocenters. The summed E-state index contributed by atoms with van der Waals surface area (Å²) in [4.78, 5) is 24.6. The number of nitrogens with zero attached hydrogens (tertiary/aromatic N) is 2. The molecule has 0 aliphatic carbocycles. The fourth-order valence-corrected chi connectivity index (χ4v) is 1.33. The standard InChI is InChI=1S/C13H14N2O4/c1-4-18-12(16)9(7-14)5-11-6-10(8-15(2)3)13(17)19-11/h5-6,8H,4H2,1-3H3/b9-5+,10-8?. The second-order valence-corrected chi connectivity index (χ2v) is 3.87. The lowest BCUT2D eigenvalue weighted by molar-refractivity contribution is -0.138. The van der Waals surface area contributed by atoms with Crippen molar-refractivity contribution in [2.45, 2.75) is 6.92 Å². The van der Waals surface area contributed by atoms with Gasteiger partial charge < -0.3 is 14.4 Å². The lowest BCUT2D eigenvalue weighted by atomic mass is 10.2. The first kappa shape index (κ1) is 14.5. The molecule has 0 amide bonds. The molecule has 0 bridgehead atoms. The molecule has 0 radical (unpaired) electrons. The van der Waals surface area contributed by atoms with Crippen molar-refractivity contribution in [1.29, 1.82) is 5.26 Å². The van der Waals surface area contributed by atoms with E-state index in [1.54, 1.807) is 38.2 Å². The molecule has 0 aromatic heterocycles. The Labute approximate surface area is 111 Å². The topological polar surface area (TPSA) is 79.6 Å². The van der Waals surface area contributed by atoms with Gasteiger partial charge in [0.25, 0.3) is 0 Å². The van der Waals surface area contributed by atoms with Crippen molar-refractivity contribution in [1.82, 2.24) is 4.90 Å². The number of allylic oxidation sites excluding steroid dienone is 1. The normalized spacial score (nSPS) is 16.7. The predicted octanol–water partition coefficient (Wildman–Crippen LogP) is 0.886. The van der Waals surface area contributed by atoms with Gasteiger partial charge in [0.2, 0.25) is 0 Å². The molecular formula is C13H14N2O4. The van der Waals surface area contributed by atoms with E-state index in [2.05, 4.69) is 0 Å². The quantitative estimate of drug-likeness (QED) is 0.425. The van der Waals surface area contributed by atoms with Gasteiger partial charge in [0, 0.05) is 26.4 Å². The molecule has 0 saturated carbocycles. The van der Waals surface area contributed by atoms with Crippen LogP contribution in [-0.4, -0.2) is 37.5 Å². The van der Waals surface area contributed by atoms with Crippen molar-refractivity contribution in [3.63, 3.8) is 0 Å². The largest absolute Gasteiger partial charge is 0.462 e. The Bertz CT molecular complexity index is 521. The Hall–Kier alpha value is -2.55. The second-order valence-electron chi connectivity index (χ2n) is 3.87. The van der Waals surface area contributed by atoms with Crippen LogP contribution in [0, 0.1) is 11.3 Å². The maximum absolute atomic E-state index is 11.5. The number of carbonyl (C=O) groups is 2. The highest BCUT2D eigenvalue weighted by atomic mass is 16.5. The lowest BCUT2D eigenvalue weighted by Crippen LogP contribution is -2.07. The van der Waals surface area contributed by atoms with Crippen molar-refractivity contribution in [2.75, 3.05) is 20.7 Å². The van der Waals surface area contributed by atoms with Gasteiger partial charge in [-0.1, -0.05) is 0 Å². The number of rotatable bonds is 4. The Morgan fingerprint density at radius 2 is 2.26 bits per heavy atom. The van der Waals surface area contributed by atoms with E-state index < -0.39 is 11.9 Å². The van der Waals surface area contributed by atoms with E-state index in [9.17, 15) is 9.59 Å². The zero-order valence-corrected chi connectivity index (χ0v) is 11.0. The van der Waals surface area contributed by atoms with Crippen LogP contribution in [0.3, 0.4) is 0 Å². The molecule has 0 fully saturated rings. The summed E-state index contributed by atoms with van der Waals surface area (Å²) in [5, 5.41) is 8.85. The molecule has 0 aromatic carbocycles. The summed E-state index contributed by atoms with van der Waals surface area (Å²) >= 11 is 0. The molecule has 19 heavy (non-hydrogen) atoms. The van der Waals surface area contributed by atoms with Gasteiger partial charge in [0.05, 0.1) is 12.2 Å². The van der Waals surface area contributed by atoms with Gasteiger partial charge in [-0.2, -0.15) is 5.26 Å². The molecule has 0 saturated heterocycles. The number of carbonyl (C=O) groups excluding carboxylic acids is 2. The highest BCUT2D eigenvalue weighted by Gasteiger charge is 2.21. The highest BCUT2D eigenvalue weighted by Crippen LogP contribution is 2.19. The molecule has 1 rings (SSSR count). The Morgan fingerprint density at radius 1 is 1.58 bits per heavy atom. The van der Waals surface area contributed by atoms with Gasteiger partial charge >= 0.3 is 11.9 Å². The first-order chi connectivity index (χ1) is 8.97. The monoisotopic (exact) mass is 262 g/mol. The molecule has 1 aliphatic heterocycles. The smallest absolute Gasteiger partial charge is 0.349 e. The summed E-state index contributed by atoms with van der Waals surface area (Å²) in [6, 6.07) is 1.71. The highest BCUT2D eigenvalue weighted by molar-refractivity contribution is 5.97. The Kier molecular flexibility index (Phi) is 4.89. The third-order valence-electron chi connectivity index (χ3n) is 2.04. The maximum Gasteiger partial charge on any atom is 0.349 e. The van der Waals surface area contributed by atoms with Crippen LogP contribution >= 0.6 is 0 Å². The average molecular weight is 262 g/mol. The number of esters is 2. The van der Waals surface area contributed by atoms with Crippen LogP contribution in [0.25, 0.3) is 0 Å². The molecule has 0 spiro atoms. The van der Waals surface area contributed by atoms with Crippen LogP contribution in [0.15, 0.2) is 35.3 Å². The van der Waals surface area contributed by atoms with E-state index in [0.29, 0.717) is 5.57 Å². The van der Waals surface area contributed by atoms with E-state index in [1.165, 1.54) is 12.2 Å². The maximum atomic E-state index is 11.5. The van der Waals surface area contributed by atoms with Gasteiger partial charge in [-0.3, -0.25) is 0 Å². The molecule has 0 N–H and O–H groups in total. The van der Waals surface area contributed by atoms with Crippen LogP contribution in [0.1, 0.15) is 6.92 Å². The molecule has 0 atom stereocenters. The predicted molar refractivity (Wildman–Crippen MR) is 66.3 cm³/mol. The van der Waals surface area contributed by atoms with Gasteiger partial charge in [-0.25, -0.2) is 9.59 Å². The molecular weight excluding hydrogens is 248 g/mol. The van der Waals surface area contributed by atoms with E-state index in [4.69, 9.17) is 14.7 Å². The first-order valence-corrected chi connectivity index (χ1v) is 5.59. The Balaban J connectivity index is 2.96. The summed E-state index contributed by atoms with van der Waals surface area (Å²) in [5.41, 5.74) is 0.129. The van der Waals surface area contributed by atoms with Crippen LogP contribution in [0.2, 0.25) is 0 Å². The van der Waals surface area contributed by atoms with Crippen molar-refractivity contribution in [3.8, 4) is 6.07 Å². The van der Waals surface area contributed by atoms with Crippen LogP contribution in [0.5, 0.6) is 0 Å². The number of hydrogen-bond acceptors (Lipinski definition) is 6. The fourth-order valence-electron chi connectivity index (χ4n) is 1.33. The second kappa shape index (κ2) is 6.40. The third kappa shape index (κ3) is 4.00. The minimum Gasteiger partial charge on any atom is -0.462 e. The minimum absolute atomic E-state index is 0.141. The number of ether oxygens (including phenoxy) is 2. The van der Waals surface area contributed by atoms with Crippen LogP contribution < -0.4 is 0 Å². The lowest BCUT2D eigenvalue weighted by Gasteiger charge is -2.03. The number of nitriles is 1. The van der Waals surface area contributed by atoms with Crippen LogP contribution in [0.4, 0.5) is 0 Å². The van der Waals surface area contributed by atoms with E-state index in [0.717, 1.165) is 0 Å². The first-order valence-electron chi connectivity index (χ1n) is 5.59. The molecule has 1 heterocycles. The zero-order valence-electron chi connectivity index (χ0n) is 11.0. The summed E-state index contributed by atoms with van der Waals surface area (Å²) < 4.78 is 9.63. The summed E-state index contributed by atoms with van der Waals surface area (Å²) in [7, 11) is 3.53. The van der Waals surface area contributed by atoms with E-state index in [-0.39, 0.29) is 17.9 Å².